The Bertz CT molecular complexity index is 3270. The number of hydrogen-bond donors (Lipinski definition) is 0. The maximum atomic E-state index is 9.32. The lowest BCUT2D eigenvalue weighted by atomic mass is 9.99. The van der Waals surface area contributed by atoms with Crippen LogP contribution in [0.1, 0.15) is 13.7 Å². The molecule has 0 atom stereocenters. The second-order valence-corrected chi connectivity index (χ2v) is 13.7. The maximum absolute atomic E-state index is 9.32. The summed E-state index contributed by atoms with van der Waals surface area (Å²) in [6.45, 7) is 0. The molecule has 2 nitrogen and oxygen atoms in total. The van der Waals surface area contributed by atoms with Gasteiger partial charge in [-0.2, -0.15) is 0 Å². The molecule has 0 bridgehead atoms. The maximum Gasteiger partial charge on any atom is 0.0645 e. The smallest absolute Gasteiger partial charge is 0.0645 e. The lowest BCUT2D eigenvalue weighted by molar-refractivity contribution is 1.26. The molecule has 0 radical (unpaired) electrons. The van der Waals surface area contributed by atoms with E-state index in [4.69, 9.17) is 8.22 Å². The number of hydrogen-bond acceptors (Lipinski definition) is 3. The van der Waals surface area contributed by atoms with E-state index in [1.54, 1.807) is 27.2 Å². The van der Waals surface area contributed by atoms with Crippen LogP contribution in [-0.4, -0.2) is 0 Å². The second-order valence-electron chi connectivity index (χ2n) is 12.7. The van der Waals surface area contributed by atoms with E-state index in [0.717, 1.165) is 47.3 Å². The van der Waals surface area contributed by atoms with Gasteiger partial charge in [0.05, 0.1) is 25.1 Å². The molecular formula is C50H34N2S. The van der Waals surface area contributed by atoms with Gasteiger partial charge in [0.25, 0.3) is 0 Å². The summed E-state index contributed by atoms with van der Waals surface area (Å²) in [4.78, 5) is 3.35. The zero-order chi connectivity index (χ0) is 43.8. The molecule has 0 aliphatic heterocycles. The van der Waals surface area contributed by atoms with Crippen molar-refractivity contribution in [1.82, 2.24) is 0 Å². The van der Waals surface area contributed by atoms with Gasteiger partial charge in [0, 0.05) is 53.7 Å². The Hall–Kier alpha value is -6.68. The van der Waals surface area contributed by atoms with E-state index in [-0.39, 0.29) is 11.4 Å². The van der Waals surface area contributed by atoms with Crippen LogP contribution in [0.2, 0.25) is 0 Å². The molecule has 0 saturated carbocycles. The van der Waals surface area contributed by atoms with Gasteiger partial charge in [-0.25, -0.2) is 0 Å². The van der Waals surface area contributed by atoms with E-state index in [1.165, 1.54) is 0 Å². The van der Waals surface area contributed by atoms with Crippen molar-refractivity contribution in [3.05, 3.63) is 206 Å². The predicted octanol–water partition coefficient (Wildman–Crippen LogP) is 15.0. The Kier molecular flexibility index (Phi) is 5.53. The topological polar surface area (TPSA) is 6.48 Å². The average molecular weight is 705 g/mol. The van der Waals surface area contributed by atoms with Gasteiger partial charge in [0.1, 0.15) is 0 Å². The SMILES string of the molecule is [2H]c1c([2H])c([2H])c(N(c2cc(-c3ccc4c(c3)sc3ccccc34)cc(N(c3c([2H])c([2H])c([2H])c([2H])c3[2H])c3cccc4ccccc34)c2)c2cccc3ccccc23)c([2H])c1[2H]. The number of para-hydroxylation sites is 2. The predicted molar refractivity (Wildman–Crippen MR) is 229 cm³/mol. The highest BCUT2D eigenvalue weighted by Gasteiger charge is 2.21. The van der Waals surface area contributed by atoms with E-state index in [9.17, 15) is 5.48 Å². The molecule has 0 amide bonds. The normalized spacial score (nSPS) is 14.0. The van der Waals surface area contributed by atoms with Gasteiger partial charge >= 0.3 is 0 Å². The van der Waals surface area contributed by atoms with E-state index in [0.29, 0.717) is 28.3 Å². The van der Waals surface area contributed by atoms with E-state index >= 15 is 0 Å². The summed E-state index contributed by atoms with van der Waals surface area (Å²) in [5.74, 6) is 0. The Morgan fingerprint density at radius 3 is 1.43 bits per heavy atom. The molecule has 0 unspecified atom stereocenters. The van der Waals surface area contributed by atoms with Crippen molar-refractivity contribution < 1.29 is 13.7 Å². The Balaban J connectivity index is 1.36. The Labute approximate surface area is 327 Å². The fourth-order valence-electron chi connectivity index (χ4n) is 7.22. The van der Waals surface area contributed by atoms with Crippen LogP contribution in [-0.2, 0) is 0 Å². The van der Waals surface area contributed by atoms with Crippen molar-refractivity contribution in [2.24, 2.45) is 0 Å². The molecule has 9 aromatic carbocycles. The Morgan fingerprint density at radius 1 is 0.358 bits per heavy atom. The third kappa shape index (κ3) is 5.59. The first-order chi connectivity index (χ1) is 30.4. The third-order valence-corrected chi connectivity index (χ3v) is 10.7. The van der Waals surface area contributed by atoms with Crippen LogP contribution in [0.4, 0.5) is 34.1 Å². The summed E-state index contributed by atoms with van der Waals surface area (Å²) in [6.07, 6.45) is 0. The molecule has 1 aromatic heterocycles. The van der Waals surface area contributed by atoms with Crippen molar-refractivity contribution in [3.63, 3.8) is 0 Å². The molecule has 0 fully saturated rings. The summed E-state index contributed by atoms with van der Waals surface area (Å²) in [6, 6.07) is 41.9. The first kappa shape index (κ1) is 22.3. The fraction of sp³-hybridized carbons (Fsp3) is 0. The first-order valence-corrected chi connectivity index (χ1v) is 18.0. The molecule has 0 saturated heterocycles. The third-order valence-electron chi connectivity index (χ3n) is 9.57. The number of nitrogens with zero attached hydrogens (tertiary/aromatic N) is 2. The molecule has 250 valence electrons. The van der Waals surface area contributed by atoms with Gasteiger partial charge < -0.3 is 9.80 Å². The minimum absolute atomic E-state index is 0.0834. The van der Waals surface area contributed by atoms with Crippen LogP contribution in [0.3, 0.4) is 0 Å². The average Bonchev–Trinajstić information content (AvgIpc) is 3.69. The van der Waals surface area contributed by atoms with E-state index in [2.05, 4.69) is 24.3 Å². The van der Waals surface area contributed by atoms with Crippen LogP contribution >= 0.6 is 11.3 Å². The van der Waals surface area contributed by atoms with Crippen LogP contribution in [0, 0.1) is 0 Å². The summed E-state index contributed by atoms with van der Waals surface area (Å²) < 4.78 is 91.7. The minimum atomic E-state index is -0.527. The van der Waals surface area contributed by atoms with Gasteiger partial charge in [0.2, 0.25) is 0 Å². The van der Waals surface area contributed by atoms with Crippen LogP contribution in [0.5, 0.6) is 0 Å². The van der Waals surface area contributed by atoms with Crippen molar-refractivity contribution in [3.8, 4) is 11.1 Å². The number of fused-ring (bicyclic) bond motifs is 5. The van der Waals surface area contributed by atoms with Crippen LogP contribution < -0.4 is 9.80 Å². The van der Waals surface area contributed by atoms with Crippen molar-refractivity contribution in [1.29, 1.82) is 0 Å². The first-order valence-electron chi connectivity index (χ1n) is 22.2. The molecule has 0 N–H and O–H groups in total. The number of thiophene rings is 1. The van der Waals surface area contributed by atoms with Gasteiger partial charge in [0.15, 0.2) is 0 Å². The van der Waals surface area contributed by atoms with Crippen LogP contribution in [0.15, 0.2) is 206 Å². The highest BCUT2D eigenvalue weighted by atomic mass is 32.1. The van der Waals surface area contributed by atoms with E-state index in [1.807, 2.05) is 115 Å². The largest absolute Gasteiger partial charge is 0.310 e. The minimum Gasteiger partial charge on any atom is -0.310 e. The monoisotopic (exact) mass is 704 g/mol. The molecular weight excluding hydrogens is 661 g/mol. The summed E-state index contributed by atoms with van der Waals surface area (Å²) in [5, 5.41) is 5.43. The second kappa shape index (κ2) is 13.1. The lowest BCUT2D eigenvalue weighted by Crippen LogP contribution is -2.14. The number of anilines is 6. The molecule has 0 aliphatic rings. The van der Waals surface area contributed by atoms with Crippen molar-refractivity contribution in [2.45, 2.75) is 0 Å². The van der Waals surface area contributed by atoms with Crippen LogP contribution in [0.25, 0.3) is 52.8 Å². The van der Waals surface area contributed by atoms with Crippen molar-refractivity contribution in [2.75, 3.05) is 9.80 Å². The van der Waals surface area contributed by atoms with Gasteiger partial charge in [-0.15, -0.1) is 11.3 Å². The molecule has 10 rings (SSSR count). The fourth-order valence-corrected chi connectivity index (χ4v) is 8.37. The van der Waals surface area contributed by atoms with Gasteiger partial charge in [-0.1, -0.05) is 139 Å². The summed E-state index contributed by atoms with van der Waals surface area (Å²) in [5.41, 5.74) is 3.16. The summed E-state index contributed by atoms with van der Waals surface area (Å²) in [7, 11) is 0. The molecule has 53 heavy (non-hydrogen) atoms. The highest BCUT2D eigenvalue weighted by molar-refractivity contribution is 7.25. The zero-order valence-electron chi connectivity index (χ0n) is 38.2. The Morgan fingerprint density at radius 2 is 0.849 bits per heavy atom. The molecule has 10 aromatic rings. The molecule has 1 heterocycles. The van der Waals surface area contributed by atoms with Gasteiger partial charge in [-0.3, -0.25) is 0 Å². The summed E-state index contributed by atoms with van der Waals surface area (Å²) >= 11 is 1.66. The molecule has 3 heteroatoms. The van der Waals surface area contributed by atoms with Gasteiger partial charge in [-0.05, 0) is 88.5 Å². The molecule has 0 spiro atoms. The van der Waals surface area contributed by atoms with Crippen molar-refractivity contribution >= 4 is 87.2 Å². The number of rotatable bonds is 7. The van der Waals surface area contributed by atoms with E-state index < -0.39 is 60.4 Å². The quantitative estimate of drug-likeness (QED) is 0.163. The standard InChI is InChI=1S/C50H34N2S/c1-3-19-39(20-4-1)51(47-26-13-17-35-15-7-9-23-43(35)47)41-31-38(37-29-30-46-45-25-11-12-28-49(45)53-50(46)33-37)32-42(34-41)52(40-21-5-2-6-22-40)48-27-14-18-36-16-8-10-24-44(36)48/h1-34H/i1D,2D,3D,4D,5D,6D,19D,20D,21D,22D. The highest BCUT2D eigenvalue weighted by Crippen LogP contribution is 2.46. The zero-order valence-corrected chi connectivity index (χ0v) is 29.0. The lowest BCUT2D eigenvalue weighted by Gasteiger charge is -2.31. The molecule has 0 aliphatic carbocycles. The number of benzene rings is 9.